The third-order valence-corrected chi connectivity index (χ3v) is 6.83. The van der Waals surface area contributed by atoms with Crippen molar-refractivity contribution in [3.63, 3.8) is 0 Å². The molecule has 0 aliphatic carbocycles. The monoisotopic (exact) mass is 480 g/mol. The minimum absolute atomic E-state index is 0.325. The Morgan fingerprint density at radius 3 is 2.24 bits per heavy atom. The number of benzene rings is 2. The molecule has 8 heteroatoms. The summed E-state index contributed by atoms with van der Waals surface area (Å²) >= 11 is 0. The summed E-state index contributed by atoms with van der Waals surface area (Å²) in [6.07, 6.45) is 2.66. The first-order valence-corrected chi connectivity index (χ1v) is 13.0. The molecule has 0 aliphatic rings. The van der Waals surface area contributed by atoms with Crippen LogP contribution in [0.1, 0.15) is 47.8 Å². The number of aryl methyl sites for hydroxylation is 2. The number of rotatable bonds is 8. The summed E-state index contributed by atoms with van der Waals surface area (Å²) in [6, 6.07) is 17.4. The van der Waals surface area contributed by atoms with Gasteiger partial charge in [-0.25, -0.2) is 13.8 Å². The number of hydrazone groups is 1. The highest BCUT2D eigenvalue weighted by Crippen LogP contribution is 2.22. The van der Waals surface area contributed by atoms with E-state index in [9.17, 15) is 13.2 Å². The van der Waals surface area contributed by atoms with Gasteiger partial charge in [-0.3, -0.25) is 9.10 Å². The lowest BCUT2D eigenvalue weighted by atomic mass is 10.0. The van der Waals surface area contributed by atoms with E-state index in [0.29, 0.717) is 11.6 Å². The summed E-state index contributed by atoms with van der Waals surface area (Å²) in [6.45, 7) is 9.81. The van der Waals surface area contributed by atoms with Gasteiger partial charge in [0.1, 0.15) is 6.54 Å². The summed E-state index contributed by atoms with van der Waals surface area (Å²) in [5.74, 6) is -0.201. The Morgan fingerprint density at radius 2 is 1.68 bits per heavy atom. The van der Waals surface area contributed by atoms with E-state index in [0.717, 1.165) is 38.8 Å². The van der Waals surface area contributed by atoms with Crippen molar-refractivity contribution in [2.75, 3.05) is 17.1 Å². The molecule has 0 unspecified atom stereocenters. The predicted molar refractivity (Wildman–Crippen MR) is 138 cm³/mol. The fourth-order valence-electron chi connectivity index (χ4n) is 3.77. The zero-order valence-electron chi connectivity index (χ0n) is 20.5. The van der Waals surface area contributed by atoms with Gasteiger partial charge in [-0.1, -0.05) is 43.7 Å². The second kappa shape index (κ2) is 10.3. The van der Waals surface area contributed by atoms with Gasteiger partial charge in [0.05, 0.1) is 18.2 Å². The molecule has 0 atom stereocenters. The van der Waals surface area contributed by atoms with Gasteiger partial charge in [0.2, 0.25) is 10.0 Å². The van der Waals surface area contributed by atoms with Gasteiger partial charge >= 0.3 is 0 Å². The van der Waals surface area contributed by atoms with Crippen LogP contribution in [0.4, 0.5) is 5.69 Å². The molecule has 1 aromatic heterocycles. The lowest BCUT2D eigenvalue weighted by Gasteiger charge is -2.21. The number of sulfonamides is 1. The van der Waals surface area contributed by atoms with Gasteiger partial charge < -0.3 is 4.57 Å². The standard InChI is InChI=1S/C26H32N4O3S/c1-18(2)22-9-13-24(14-10-22)29(34(6,32)33)17-26(31)28-27-16-23-15-20(4)30(21(23)5)25-11-7-19(3)8-12-25/h7-16,18H,17H2,1-6H3,(H,28,31)/b27-16-. The van der Waals surface area contributed by atoms with E-state index >= 15 is 0 Å². The maximum Gasteiger partial charge on any atom is 0.260 e. The van der Waals surface area contributed by atoms with Crippen LogP contribution in [0.3, 0.4) is 0 Å². The zero-order chi connectivity index (χ0) is 25.0. The summed E-state index contributed by atoms with van der Waals surface area (Å²) in [4.78, 5) is 12.5. The van der Waals surface area contributed by atoms with E-state index in [4.69, 9.17) is 0 Å². The normalized spacial score (nSPS) is 11.9. The first-order valence-electron chi connectivity index (χ1n) is 11.1. The largest absolute Gasteiger partial charge is 0.318 e. The van der Waals surface area contributed by atoms with Crippen molar-refractivity contribution < 1.29 is 13.2 Å². The van der Waals surface area contributed by atoms with Crippen LogP contribution in [0.25, 0.3) is 5.69 Å². The van der Waals surface area contributed by atoms with Crippen molar-refractivity contribution in [1.29, 1.82) is 0 Å². The number of nitrogens with zero attached hydrogens (tertiary/aromatic N) is 3. The maximum atomic E-state index is 12.5. The van der Waals surface area contributed by atoms with Gasteiger partial charge in [-0.2, -0.15) is 5.10 Å². The summed E-state index contributed by atoms with van der Waals surface area (Å²) in [5, 5.41) is 4.07. The van der Waals surface area contributed by atoms with E-state index in [1.165, 1.54) is 5.56 Å². The second-order valence-electron chi connectivity index (χ2n) is 8.81. The van der Waals surface area contributed by atoms with Gasteiger partial charge in [0, 0.05) is 22.6 Å². The van der Waals surface area contributed by atoms with E-state index < -0.39 is 15.9 Å². The number of hydrogen-bond acceptors (Lipinski definition) is 4. The number of anilines is 1. The van der Waals surface area contributed by atoms with Crippen molar-refractivity contribution in [2.45, 2.75) is 40.5 Å². The highest BCUT2D eigenvalue weighted by molar-refractivity contribution is 7.92. The Bertz CT molecular complexity index is 1290. The average Bonchev–Trinajstić information content (AvgIpc) is 3.05. The van der Waals surface area contributed by atoms with Crippen LogP contribution >= 0.6 is 0 Å². The van der Waals surface area contributed by atoms with Crippen LogP contribution in [0.15, 0.2) is 59.7 Å². The Labute approximate surface area is 202 Å². The Kier molecular flexibility index (Phi) is 7.61. The number of carbonyl (C=O) groups is 1. The van der Waals surface area contributed by atoms with E-state index in [2.05, 4.69) is 53.2 Å². The van der Waals surface area contributed by atoms with E-state index in [-0.39, 0.29) is 6.54 Å². The van der Waals surface area contributed by atoms with Crippen molar-refractivity contribution in [1.82, 2.24) is 9.99 Å². The predicted octanol–water partition coefficient (Wildman–Crippen LogP) is 4.44. The molecule has 0 saturated heterocycles. The van der Waals surface area contributed by atoms with Crippen LogP contribution in [-0.4, -0.2) is 37.9 Å². The third-order valence-electron chi connectivity index (χ3n) is 5.69. The number of aromatic nitrogens is 1. The number of carbonyl (C=O) groups excluding carboxylic acids is 1. The van der Waals surface area contributed by atoms with Crippen LogP contribution in [0.5, 0.6) is 0 Å². The molecular formula is C26H32N4O3S. The van der Waals surface area contributed by atoms with Crippen molar-refractivity contribution >= 4 is 27.8 Å². The Morgan fingerprint density at radius 1 is 1.06 bits per heavy atom. The highest BCUT2D eigenvalue weighted by atomic mass is 32.2. The van der Waals surface area contributed by atoms with E-state index in [1.807, 2.05) is 39.0 Å². The Hall–Kier alpha value is -3.39. The summed E-state index contributed by atoms with van der Waals surface area (Å²) in [7, 11) is -3.65. The van der Waals surface area contributed by atoms with Crippen molar-refractivity contribution in [3.05, 3.63) is 82.7 Å². The first-order chi connectivity index (χ1) is 16.0. The number of nitrogens with one attached hydrogen (secondary N) is 1. The molecule has 0 spiro atoms. The van der Waals surface area contributed by atoms with E-state index in [1.54, 1.807) is 18.3 Å². The van der Waals surface area contributed by atoms with Crippen molar-refractivity contribution in [3.8, 4) is 5.69 Å². The average molecular weight is 481 g/mol. The molecule has 180 valence electrons. The van der Waals surface area contributed by atoms with Gasteiger partial charge in [0.25, 0.3) is 5.91 Å². The molecule has 7 nitrogen and oxygen atoms in total. The molecule has 34 heavy (non-hydrogen) atoms. The smallest absolute Gasteiger partial charge is 0.260 e. The molecule has 0 fully saturated rings. The molecule has 1 amide bonds. The first kappa shape index (κ1) is 25.2. The number of amides is 1. The molecule has 0 radical (unpaired) electrons. The fourth-order valence-corrected chi connectivity index (χ4v) is 4.63. The lowest BCUT2D eigenvalue weighted by Crippen LogP contribution is -2.39. The molecule has 1 heterocycles. The quantitative estimate of drug-likeness (QED) is 0.382. The minimum atomic E-state index is -3.65. The molecule has 3 rings (SSSR count). The molecule has 2 aromatic carbocycles. The molecule has 3 aromatic rings. The molecule has 0 aliphatic heterocycles. The lowest BCUT2D eigenvalue weighted by molar-refractivity contribution is -0.119. The molecule has 0 bridgehead atoms. The molecule has 0 saturated carbocycles. The Balaban J connectivity index is 1.72. The summed E-state index contributed by atoms with van der Waals surface area (Å²) < 4.78 is 27.8. The third kappa shape index (κ3) is 5.94. The van der Waals surface area contributed by atoms with Crippen LogP contribution in [0, 0.1) is 20.8 Å². The van der Waals surface area contributed by atoms with Crippen LogP contribution < -0.4 is 9.73 Å². The summed E-state index contributed by atoms with van der Waals surface area (Å²) in [5.41, 5.74) is 9.12. The molecular weight excluding hydrogens is 448 g/mol. The van der Waals surface area contributed by atoms with Gasteiger partial charge in [-0.15, -0.1) is 0 Å². The SMILES string of the molecule is Cc1ccc(-n2c(C)cc(/C=N\NC(=O)CN(c3ccc(C(C)C)cc3)S(C)(=O)=O)c2C)cc1. The highest BCUT2D eigenvalue weighted by Gasteiger charge is 2.21. The topological polar surface area (TPSA) is 83.8 Å². The van der Waals surface area contributed by atoms with Gasteiger partial charge in [-0.05, 0) is 62.6 Å². The fraction of sp³-hybridized carbons (Fsp3) is 0.308. The van der Waals surface area contributed by atoms with Crippen LogP contribution in [0.2, 0.25) is 0 Å². The minimum Gasteiger partial charge on any atom is -0.318 e. The second-order valence-corrected chi connectivity index (χ2v) is 10.7. The molecule has 1 N–H and O–H groups in total. The van der Waals surface area contributed by atoms with Gasteiger partial charge in [0.15, 0.2) is 0 Å². The van der Waals surface area contributed by atoms with Crippen LogP contribution in [-0.2, 0) is 14.8 Å². The maximum absolute atomic E-state index is 12.5. The van der Waals surface area contributed by atoms with Crippen molar-refractivity contribution in [2.24, 2.45) is 5.10 Å². The number of hydrogen-bond donors (Lipinski definition) is 1. The zero-order valence-corrected chi connectivity index (χ0v) is 21.3.